The topological polar surface area (TPSA) is 39.2 Å². The minimum atomic E-state index is -0.344. The number of rotatable bonds is 2. The Bertz CT molecular complexity index is 704. The first-order chi connectivity index (χ1) is 8.65. The minimum absolute atomic E-state index is 0.344. The molecule has 3 rings (SSSR count). The highest BCUT2D eigenvalue weighted by Crippen LogP contribution is 2.34. The highest BCUT2D eigenvalue weighted by atomic mass is 35.5. The molecule has 0 saturated carbocycles. The van der Waals surface area contributed by atoms with E-state index in [1.807, 2.05) is 29.6 Å². The van der Waals surface area contributed by atoms with Gasteiger partial charge in [0.1, 0.15) is 11.3 Å². The molecule has 0 saturated heterocycles. The molecular weight excluding hydrogens is 289 g/mol. The normalized spacial score (nSPS) is 13.1. The maximum Gasteiger partial charge on any atom is 0.134 e. The average molecular weight is 298 g/mol. The summed E-state index contributed by atoms with van der Waals surface area (Å²) in [5.74, 6) is 0.691. The summed E-state index contributed by atoms with van der Waals surface area (Å²) in [6, 6.07) is 8.88. The van der Waals surface area contributed by atoms with Crippen molar-refractivity contribution < 1.29 is 4.42 Å². The zero-order valence-electron chi connectivity index (χ0n) is 9.19. The number of benzene rings is 1. The maximum atomic E-state index is 6.16. The molecule has 92 valence electrons. The van der Waals surface area contributed by atoms with Gasteiger partial charge < -0.3 is 10.2 Å². The molecule has 0 aliphatic heterocycles. The standard InChI is InChI=1S/C13H9Cl2NOS/c14-8-1-2-10-7(5-8)6-11(17-10)12(16)13-9(15)3-4-18-13/h1-6,12H,16H2. The van der Waals surface area contributed by atoms with E-state index in [1.54, 1.807) is 6.07 Å². The average Bonchev–Trinajstić information content (AvgIpc) is 2.93. The smallest absolute Gasteiger partial charge is 0.134 e. The van der Waals surface area contributed by atoms with Crippen LogP contribution >= 0.6 is 34.5 Å². The molecule has 0 radical (unpaired) electrons. The van der Waals surface area contributed by atoms with Crippen LogP contribution in [0.4, 0.5) is 0 Å². The lowest BCUT2D eigenvalue weighted by molar-refractivity contribution is 0.528. The summed E-state index contributed by atoms with van der Waals surface area (Å²) in [4.78, 5) is 0.904. The van der Waals surface area contributed by atoms with Gasteiger partial charge in [-0.2, -0.15) is 0 Å². The maximum absolute atomic E-state index is 6.16. The van der Waals surface area contributed by atoms with Crippen LogP contribution in [0.5, 0.6) is 0 Å². The lowest BCUT2D eigenvalue weighted by Crippen LogP contribution is -2.09. The van der Waals surface area contributed by atoms with E-state index in [0.717, 1.165) is 15.8 Å². The van der Waals surface area contributed by atoms with Crippen LogP contribution < -0.4 is 5.73 Å². The monoisotopic (exact) mass is 297 g/mol. The zero-order chi connectivity index (χ0) is 12.7. The molecule has 0 bridgehead atoms. The second kappa shape index (κ2) is 4.59. The van der Waals surface area contributed by atoms with Gasteiger partial charge in [0.25, 0.3) is 0 Å². The Morgan fingerprint density at radius 2 is 2.00 bits per heavy atom. The molecule has 1 aromatic carbocycles. The fourth-order valence-electron chi connectivity index (χ4n) is 1.84. The van der Waals surface area contributed by atoms with Crippen molar-refractivity contribution in [2.75, 3.05) is 0 Å². The molecule has 2 N–H and O–H groups in total. The Morgan fingerprint density at radius 1 is 1.17 bits per heavy atom. The van der Waals surface area contributed by atoms with Crippen LogP contribution in [0.1, 0.15) is 16.7 Å². The quantitative estimate of drug-likeness (QED) is 0.734. The number of halogens is 2. The Morgan fingerprint density at radius 3 is 2.72 bits per heavy atom. The van der Waals surface area contributed by atoms with Gasteiger partial charge in [0.05, 0.1) is 11.1 Å². The van der Waals surface area contributed by atoms with E-state index >= 15 is 0 Å². The van der Waals surface area contributed by atoms with Gasteiger partial charge in [0.15, 0.2) is 0 Å². The molecule has 1 atom stereocenters. The molecule has 5 heteroatoms. The highest BCUT2D eigenvalue weighted by Gasteiger charge is 2.18. The fourth-order valence-corrected chi connectivity index (χ4v) is 3.21. The van der Waals surface area contributed by atoms with Crippen LogP contribution in [-0.4, -0.2) is 0 Å². The predicted octanol–water partition coefficient (Wildman–Crippen LogP) is 4.85. The van der Waals surface area contributed by atoms with Crippen LogP contribution in [0.3, 0.4) is 0 Å². The van der Waals surface area contributed by atoms with E-state index < -0.39 is 0 Å². The molecule has 1 unspecified atom stereocenters. The second-order valence-electron chi connectivity index (χ2n) is 3.94. The van der Waals surface area contributed by atoms with Gasteiger partial charge in [-0.15, -0.1) is 11.3 Å². The van der Waals surface area contributed by atoms with Crippen LogP contribution in [-0.2, 0) is 0 Å². The van der Waals surface area contributed by atoms with Gasteiger partial charge in [0, 0.05) is 15.3 Å². The van der Waals surface area contributed by atoms with Crippen molar-refractivity contribution in [3.05, 3.63) is 56.4 Å². The zero-order valence-corrected chi connectivity index (χ0v) is 11.5. The highest BCUT2D eigenvalue weighted by molar-refractivity contribution is 7.10. The summed E-state index contributed by atoms with van der Waals surface area (Å²) >= 11 is 13.5. The van der Waals surface area contributed by atoms with Crippen LogP contribution in [0.25, 0.3) is 11.0 Å². The lowest BCUT2D eigenvalue weighted by atomic mass is 10.2. The van der Waals surface area contributed by atoms with Crippen LogP contribution in [0, 0.1) is 0 Å². The molecule has 2 nitrogen and oxygen atoms in total. The minimum Gasteiger partial charge on any atom is -0.459 e. The molecule has 3 aromatic rings. The Balaban J connectivity index is 2.07. The molecule has 2 aromatic heterocycles. The SMILES string of the molecule is NC(c1cc2cc(Cl)ccc2o1)c1sccc1Cl. The van der Waals surface area contributed by atoms with Gasteiger partial charge in [-0.3, -0.25) is 0 Å². The largest absolute Gasteiger partial charge is 0.459 e. The van der Waals surface area contributed by atoms with Crippen molar-refractivity contribution >= 4 is 45.5 Å². The molecule has 18 heavy (non-hydrogen) atoms. The first-order valence-electron chi connectivity index (χ1n) is 5.32. The third-order valence-corrected chi connectivity index (χ3v) is 4.41. The molecule has 2 heterocycles. The first-order valence-corrected chi connectivity index (χ1v) is 6.96. The molecule has 0 aliphatic carbocycles. The predicted molar refractivity (Wildman–Crippen MR) is 76.6 cm³/mol. The lowest BCUT2D eigenvalue weighted by Gasteiger charge is -2.06. The van der Waals surface area contributed by atoms with Gasteiger partial charge in [-0.25, -0.2) is 0 Å². The van der Waals surface area contributed by atoms with Crippen molar-refractivity contribution in [1.29, 1.82) is 0 Å². The molecule has 0 spiro atoms. The van der Waals surface area contributed by atoms with E-state index in [9.17, 15) is 0 Å². The first kappa shape index (κ1) is 12.1. The molecular formula is C13H9Cl2NOS. The Kier molecular flexibility index (Phi) is 3.08. The van der Waals surface area contributed by atoms with E-state index in [0.29, 0.717) is 15.8 Å². The van der Waals surface area contributed by atoms with Crippen LogP contribution in [0.2, 0.25) is 10.0 Å². The van der Waals surface area contributed by atoms with Gasteiger partial charge in [-0.05, 0) is 35.7 Å². The van der Waals surface area contributed by atoms with E-state index in [1.165, 1.54) is 11.3 Å². The Hall–Kier alpha value is -1.00. The molecule has 0 fully saturated rings. The third kappa shape index (κ3) is 2.04. The van der Waals surface area contributed by atoms with E-state index in [-0.39, 0.29) is 6.04 Å². The summed E-state index contributed by atoms with van der Waals surface area (Å²) in [5, 5.41) is 4.21. The summed E-state index contributed by atoms with van der Waals surface area (Å²) in [6.07, 6.45) is 0. The third-order valence-electron chi connectivity index (χ3n) is 2.73. The van der Waals surface area contributed by atoms with E-state index in [2.05, 4.69) is 0 Å². The number of furan rings is 1. The number of fused-ring (bicyclic) bond motifs is 1. The molecule has 0 aliphatic rings. The summed E-state index contributed by atoms with van der Waals surface area (Å²) < 4.78 is 5.73. The Labute approximate surface area is 118 Å². The second-order valence-corrected chi connectivity index (χ2v) is 5.73. The van der Waals surface area contributed by atoms with Crippen molar-refractivity contribution in [3.63, 3.8) is 0 Å². The van der Waals surface area contributed by atoms with Gasteiger partial charge >= 0.3 is 0 Å². The summed E-state index contributed by atoms with van der Waals surface area (Å²) in [7, 11) is 0. The van der Waals surface area contributed by atoms with Crippen LogP contribution in [0.15, 0.2) is 40.1 Å². The van der Waals surface area contributed by atoms with Crippen molar-refractivity contribution in [2.45, 2.75) is 6.04 Å². The number of hydrogen-bond acceptors (Lipinski definition) is 3. The van der Waals surface area contributed by atoms with Gasteiger partial charge in [-0.1, -0.05) is 23.2 Å². The van der Waals surface area contributed by atoms with Gasteiger partial charge in [0.2, 0.25) is 0 Å². The number of hydrogen-bond donors (Lipinski definition) is 1. The fraction of sp³-hybridized carbons (Fsp3) is 0.0769. The van der Waals surface area contributed by atoms with E-state index in [4.69, 9.17) is 33.4 Å². The molecule has 0 amide bonds. The van der Waals surface area contributed by atoms with Crippen molar-refractivity contribution in [1.82, 2.24) is 0 Å². The van der Waals surface area contributed by atoms with Crippen molar-refractivity contribution in [2.24, 2.45) is 5.73 Å². The summed E-state index contributed by atoms with van der Waals surface area (Å²) in [5.41, 5.74) is 6.94. The van der Waals surface area contributed by atoms with Crippen molar-refractivity contribution in [3.8, 4) is 0 Å². The summed E-state index contributed by atoms with van der Waals surface area (Å²) in [6.45, 7) is 0. The number of nitrogens with two attached hydrogens (primary N) is 1. The number of thiophene rings is 1.